The highest BCUT2D eigenvalue weighted by molar-refractivity contribution is 5.83. The van der Waals surface area contributed by atoms with Gasteiger partial charge in [0.25, 0.3) is 0 Å². The Labute approximate surface area is 159 Å². The standard InChI is InChI=1S/C24H36O2/c1-17(2)24(22(25)26,20-12-10-18(3)11-13-20)23(14-5-6-15-23)21-9-7-8-19(4)16-21/h10-13,17,19,21H,5-9,14-16H2,1-4H3,(H,25,26)/t19?,21?,24-/m0/s1. The zero-order chi connectivity index (χ0) is 18.9. The van der Waals surface area contributed by atoms with Crippen LogP contribution in [-0.4, -0.2) is 11.1 Å². The topological polar surface area (TPSA) is 37.3 Å². The minimum Gasteiger partial charge on any atom is -0.481 e. The molecule has 2 fully saturated rings. The van der Waals surface area contributed by atoms with Crippen LogP contribution in [0.4, 0.5) is 0 Å². The minimum absolute atomic E-state index is 0.0815. The summed E-state index contributed by atoms with van der Waals surface area (Å²) >= 11 is 0. The maximum atomic E-state index is 13.1. The van der Waals surface area contributed by atoms with Crippen molar-refractivity contribution in [1.82, 2.24) is 0 Å². The smallest absolute Gasteiger partial charge is 0.314 e. The molecular formula is C24H36O2. The Balaban J connectivity index is 2.20. The van der Waals surface area contributed by atoms with Gasteiger partial charge < -0.3 is 5.11 Å². The molecule has 0 heterocycles. The van der Waals surface area contributed by atoms with E-state index in [-0.39, 0.29) is 11.3 Å². The number of benzene rings is 1. The molecule has 1 N–H and O–H groups in total. The van der Waals surface area contributed by atoms with Crippen LogP contribution in [0.3, 0.4) is 0 Å². The molecular weight excluding hydrogens is 320 g/mol. The van der Waals surface area contributed by atoms with E-state index >= 15 is 0 Å². The van der Waals surface area contributed by atoms with Crippen molar-refractivity contribution in [3.63, 3.8) is 0 Å². The predicted octanol–water partition coefficient (Wildman–Crippen LogP) is 6.36. The van der Waals surface area contributed by atoms with Gasteiger partial charge in [0.2, 0.25) is 0 Å². The molecule has 2 aliphatic rings. The highest BCUT2D eigenvalue weighted by Crippen LogP contribution is 2.63. The first-order valence-electron chi connectivity index (χ1n) is 10.6. The Kier molecular flexibility index (Phi) is 5.51. The summed E-state index contributed by atoms with van der Waals surface area (Å²) in [5.74, 6) is 0.742. The summed E-state index contributed by atoms with van der Waals surface area (Å²) in [6.45, 7) is 8.72. The summed E-state index contributed by atoms with van der Waals surface area (Å²) < 4.78 is 0. The van der Waals surface area contributed by atoms with E-state index in [0.717, 1.165) is 24.3 Å². The summed E-state index contributed by atoms with van der Waals surface area (Å²) in [5.41, 5.74) is 1.35. The Morgan fingerprint density at radius 2 is 1.73 bits per heavy atom. The first kappa shape index (κ1) is 19.5. The van der Waals surface area contributed by atoms with E-state index in [0.29, 0.717) is 5.92 Å². The summed E-state index contributed by atoms with van der Waals surface area (Å²) in [5, 5.41) is 10.7. The number of aryl methyl sites for hydroxylation is 1. The average Bonchev–Trinajstić information content (AvgIpc) is 3.07. The van der Waals surface area contributed by atoms with Crippen molar-refractivity contribution in [3.8, 4) is 0 Å². The third-order valence-corrected chi connectivity index (χ3v) is 7.71. The van der Waals surface area contributed by atoms with E-state index in [9.17, 15) is 9.90 Å². The van der Waals surface area contributed by atoms with Crippen molar-refractivity contribution in [2.45, 2.75) is 84.5 Å². The summed E-state index contributed by atoms with van der Waals surface area (Å²) in [6.07, 6.45) is 9.47. The van der Waals surface area contributed by atoms with E-state index in [1.165, 1.54) is 44.1 Å². The lowest BCUT2D eigenvalue weighted by atomic mass is 9.47. The van der Waals surface area contributed by atoms with Gasteiger partial charge >= 0.3 is 5.97 Å². The van der Waals surface area contributed by atoms with E-state index in [4.69, 9.17) is 0 Å². The van der Waals surface area contributed by atoms with Gasteiger partial charge in [-0.3, -0.25) is 4.79 Å². The van der Waals surface area contributed by atoms with Crippen LogP contribution in [0.5, 0.6) is 0 Å². The number of hydrogen-bond donors (Lipinski definition) is 1. The molecule has 2 nitrogen and oxygen atoms in total. The van der Waals surface area contributed by atoms with E-state index in [1.807, 2.05) is 0 Å². The molecule has 2 aliphatic carbocycles. The van der Waals surface area contributed by atoms with Gasteiger partial charge in [-0.15, -0.1) is 0 Å². The van der Waals surface area contributed by atoms with E-state index < -0.39 is 11.4 Å². The van der Waals surface area contributed by atoms with Crippen LogP contribution < -0.4 is 0 Å². The first-order valence-corrected chi connectivity index (χ1v) is 10.6. The molecule has 0 saturated heterocycles. The number of aliphatic carboxylic acids is 1. The normalized spacial score (nSPS) is 28.0. The second-order valence-electron chi connectivity index (χ2n) is 9.47. The molecule has 2 heteroatoms. The second-order valence-corrected chi connectivity index (χ2v) is 9.47. The molecule has 0 radical (unpaired) electrons. The highest BCUT2D eigenvalue weighted by atomic mass is 16.4. The lowest BCUT2D eigenvalue weighted by Crippen LogP contribution is -2.57. The van der Waals surface area contributed by atoms with Gasteiger partial charge in [0.15, 0.2) is 0 Å². The maximum absolute atomic E-state index is 13.1. The fourth-order valence-electron chi connectivity index (χ4n) is 6.66. The highest BCUT2D eigenvalue weighted by Gasteiger charge is 2.63. The van der Waals surface area contributed by atoms with Crippen LogP contribution >= 0.6 is 0 Å². The Morgan fingerprint density at radius 1 is 1.12 bits per heavy atom. The maximum Gasteiger partial charge on any atom is 0.314 e. The van der Waals surface area contributed by atoms with Crippen LogP contribution in [0.25, 0.3) is 0 Å². The molecule has 1 aromatic rings. The zero-order valence-corrected chi connectivity index (χ0v) is 17.1. The Bertz CT molecular complexity index is 624. The molecule has 3 atom stereocenters. The largest absolute Gasteiger partial charge is 0.481 e. The van der Waals surface area contributed by atoms with Gasteiger partial charge in [-0.2, -0.15) is 0 Å². The molecule has 3 rings (SSSR count). The van der Waals surface area contributed by atoms with E-state index in [1.54, 1.807) is 0 Å². The number of rotatable bonds is 5. The quantitative estimate of drug-likeness (QED) is 0.666. The number of carboxylic acid groups (broad SMARTS) is 1. The van der Waals surface area contributed by atoms with Crippen LogP contribution in [0.1, 0.15) is 83.3 Å². The van der Waals surface area contributed by atoms with Gasteiger partial charge in [0, 0.05) is 0 Å². The van der Waals surface area contributed by atoms with E-state index in [2.05, 4.69) is 52.0 Å². The van der Waals surface area contributed by atoms with Crippen molar-refractivity contribution in [3.05, 3.63) is 35.4 Å². The lowest BCUT2D eigenvalue weighted by Gasteiger charge is -2.55. The number of carbonyl (C=O) groups is 1. The van der Waals surface area contributed by atoms with Crippen LogP contribution in [0.2, 0.25) is 0 Å². The molecule has 0 amide bonds. The fourth-order valence-corrected chi connectivity index (χ4v) is 6.66. The molecule has 144 valence electrons. The first-order chi connectivity index (χ1) is 12.3. The molecule has 2 saturated carbocycles. The Hall–Kier alpha value is -1.31. The van der Waals surface area contributed by atoms with Gasteiger partial charge in [0.05, 0.1) is 0 Å². The second kappa shape index (κ2) is 7.37. The minimum atomic E-state index is -0.779. The number of hydrogen-bond acceptors (Lipinski definition) is 1. The van der Waals surface area contributed by atoms with Crippen molar-refractivity contribution < 1.29 is 9.90 Å². The van der Waals surface area contributed by atoms with Gasteiger partial charge in [-0.1, -0.05) is 76.3 Å². The van der Waals surface area contributed by atoms with Gasteiger partial charge in [0.1, 0.15) is 5.41 Å². The van der Waals surface area contributed by atoms with Crippen LogP contribution in [-0.2, 0) is 10.2 Å². The van der Waals surface area contributed by atoms with Crippen LogP contribution in [0.15, 0.2) is 24.3 Å². The third-order valence-electron chi connectivity index (χ3n) is 7.71. The monoisotopic (exact) mass is 356 g/mol. The molecule has 26 heavy (non-hydrogen) atoms. The molecule has 0 spiro atoms. The number of carboxylic acids is 1. The summed E-state index contributed by atoms with van der Waals surface area (Å²) in [7, 11) is 0. The predicted molar refractivity (Wildman–Crippen MR) is 107 cm³/mol. The van der Waals surface area contributed by atoms with Crippen LogP contribution in [0, 0.1) is 30.1 Å². The fraction of sp³-hybridized carbons (Fsp3) is 0.708. The molecule has 1 aromatic carbocycles. The molecule has 0 aliphatic heterocycles. The van der Waals surface area contributed by atoms with Crippen molar-refractivity contribution in [1.29, 1.82) is 0 Å². The molecule has 2 unspecified atom stereocenters. The van der Waals surface area contributed by atoms with Crippen molar-refractivity contribution in [2.24, 2.45) is 23.2 Å². The summed E-state index contributed by atoms with van der Waals surface area (Å²) in [6, 6.07) is 8.41. The SMILES string of the molecule is Cc1ccc([C@](C(=O)O)(C(C)C)C2(C3CCCC(C)C3)CCCC2)cc1. The van der Waals surface area contributed by atoms with Gasteiger partial charge in [-0.25, -0.2) is 0 Å². The van der Waals surface area contributed by atoms with Crippen molar-refractivity contribution >= 4 is 5.97 Å². The molecule has 0 bridgehead atoms. The molecule has 0 aromatic heterocycles. The summed E-state index contributed by atoms with van der Waals surface area (Å²) in [4.78, 5) is 13.1. The van der Waals surface area contributed by atoms with Gasteiger partial charge in [-0.05, 0) is 61.3 Å². The third kappa shape index (κ3) is 2.90. The van der Waals surface area contributed by atoms with Crippen molar-refractivity contribution in [2.75, 3.05) is 0 Å². The Morgan fingerprint density at radius 3 is 2.23 bits per heavy atom. The zero-order valence-electron chi connectivity index (χ0n) is 17.1. The average molecular weight is 357 g/mol. The lowest BCUT2D eigenvalue weighted by molar-refractivity contribution is -0.158.